The molecule has 0 saturated carbocycles. The molecule has 17 rings (SSSR count). The molecule has 0 fully saturated rings. The number of para-hydroxylation sites is 1. The van der Waals surface area contributed by atoms with E-state index < -0.39 is 0 Å². The molecule has 5 aromatic heterocycles. The minimum Gasteiger partial charge on any atom is -0.308 e. The first-order valence-corrected chi connectivity index (χ1v) is 26.7. The maximum absolute atomic E-state index is 2.61. The van der Waals surface area contributed by atoms with Crippen molar-refractivity contribution in [3.8, 4) is 66.8 Å². The Hall–Kier alpha value is -9.54. The first-order chi connectivity index (χ1) is 37.2. The highest BCUT2D eigenvalue weighted by molar-refractivity contribution is 7.26. The molecule has 0 unspecified atom stereocenters. The van der Waals surface area contributed by atoms with Crippen molar-refractivity contribution >= 4 is 108 Å². The average molecular weight is 967 g/mol. The van der Waals surface area contributed by atoms with Crippen LogP contribution in [0, 0.1) is 0 Å². The number of hydrogen-bond acceptors (Lipinski definition) is 1. The smallest absolute Gasteiger partial charge is 0.0627 e. The molecular weight excluding hydrogens is 925 g/mol. The maximum Gasteiger partial charge on any atom is 0.0627 e. The third kappa shape index (κ3) is 5.96. The van der Waals surface area contributed by atoms with E-state index in [1.165, 1.54) is 163 Å². The van der Waals surface area contributed by atoms with Crippen molar-refractivity contribution in [1.29, 1.82) is 0 Å². The second-order valence-corrected chi connectivity index (χ2v) is 21.5. The zero-order valence-electron chi connectivity index (χ0n) is 40.6. The third-order valence-electron chi connectivity index (χ3n) is 16.3. The van der Waals surface area contributed by atoms with E-state index in [0.29, 0.717) is 0 Å². The van der Waals surface area contributed by atoms with Gasteiger partial charge in [0.05, 0.1) is 33.1 Å². The molecule has 12 aromatic carbocycles. The topological polar surface area (TPSA) is 8.82 Å². The Labute approximate surface area is 435 Å². The van der Waals surface area contributed by atoms with Gasteiger partial charge in [-0.25, -0.2) is 0 Å². The summed E-state index contributed by atoms with van der Waals surface area (Å²) in [7, 11) is 0. The summed E-state index contributed by atoms with van der Waals surface area (Å²) in [6.45, 7) is 0. The number of benzene rings is 12. The summed E-state index contributed by atoms with van der Waals surface area (Å²) in [5.41, 5.74) is 22.0. The predicted octanol–water partition coefficient (Wildman–Crippen LogP) is 20.4. The van der Waals surface area contributed by atoms with E-state index in [0.717, 1.165) is 0 Å². The highest BCUT2D eigenvalue weighted by Gasteiger charge is 2.26. The summed E-state index contributed by atoms with van der Waals surface area (Å²) in [4.78, 5) is 0. The molecule has 5 heterocycles. The lowest BCUT2D eigenvalue weighted by Crippen LogP contribution is -1.88. The van der Waals surface area contributed by atoms with Gasteiger partial charge < -0.3 is 8.80 Å². The molecular formula is C72H42N2S. The van der Waals surface area contributed by atoms with Gasteiger partial charge >= 0.3 is 0 Å². The van der Waals surface area contributed by atoms with E-state index in [2.05, 4.69) is 264 Å². The lowest BCUT2D eigenvalue weighted by Gasteiger charge is -2.12. The van der Waals surface area contributed by atoms with Gasteiger partial charge in [0.25, 0.3) is 0 Å². The Morgan fingerprint density at radius 1 is 0.200 bits per heavy atom. The van der Waals surface area contributed by atoms with Crippen molar-refractivity contribution in [3.63, 3.8) is 0 Å². The van der Waals surface area contributed by atoms with Crippen molar-refractivity contribution in [2.24, 2.45) is 0 Å². The zero-order valence-corrected chi connectivity index (χ0v) is 41.4. The Morgan fingerprint density at radius 2 is 0.600 bits per heavy atom. The Bertz CT molecular complexity index is 5030. The second-order valence-electron chi connectivity index (χ2n) is 20.4. The zero-order chi connectivity index (χ0) is 48.9. The fraction of sp³-hybridized carbons (Fsp3) is 0. The van der Waals surface area contributed by atoms with Gasteiger partial charge in [0.2, 0.25) is 0 Å². The number of thiophene rings is 1. The average Bonchev–Trinajstić information content (AvgIpc) is 4.45. The Balaban J connectivity index is 0.938. The first-order valence-electron chi connectivity index (χ1n) is 25.9. The summed E-state index contributed by atoms with van der Waals surface area (Å²) in [5.74, 6) is 0. The minimum atomic E-state index is 1.20. The van der Waals surface area contributed by atoms with E-state index in [-0.39, 0.29) is 0 Å². The van der Waals surface area contributed by atoms with Crippen molar-refractivity contribution in [3.05, 3.63) is 255 Å². The van der Waals surface area contributed by atoms with E-state index in [4.69, 9.17) is 0 Å². The van der Waals surface area contributed by atoms with Gasteiger partial charge in [0.1, 0.15) is 0 Å². The Morgan fingerprint density at radius 3 is 1.13 bits per heavy atom. The largest absolute Gasteiger partial charge is 0.308 e. The van der Waals surface area contributed by atoms with Crippen molar-refractivity contribution < 1.29 is 0 Å². The molecule has 0 atom stereocenters. The molecule has 0 spiro atoms. The molecule has 0 aliphatic carbocycles. The highest BCUT2D eigenvalue weighted by atomic mass is 32.1. The predicted molar refractivity (Wildman–Crippen MR) is 321 cm³/mol. The van der Waals surface area contributed by atoms with Crippen LogP contribution in [0.1, 0.15) is 0 Å². The van der Waals surface area contributed by atoms with Crippen LogP contribution in [-0.4, -0.2) is 8.80 Å². The first kappa shape index (κ1) is 41.0. The summed E-state index contributed by atoms with van der Waals surface area (Å²) in [6, 6.07) is 95.1. The van der Waals surface area contributed by atoms with Gasteiger partial charge in [-0.2, -0.15) is 0 Å². The molecule has 0 aliphatic heterocycles. The number of hydrogen-bond donors (Lipinski definition) is 0. The van der Waals surface area contributed by atoms with Crippen LogP contribution in [0.4, 0.5) is 0 Å². The van der Waals surface area contributed by atoms with Crippen molar-refractivity contribution in [2.45, 2.75) is 0 Å². The van der Waals surface area contributed by atoms with E-state index >= 15 is 0 Å². The van der Waals surface area contributed by atoms with Crippen LogP contribution in [0.5, 0.6) is 0 Å². The standard InChI is InChI=1S/C72H42N2S/c1-5-16-43(17-6-1)49-32-50(44-18-7-2-8-19-44)35-53(34-49)47-28-30-55-56-25-15-26-57-60-40-66-61(41-65(60)73(71(56)57)63(55)38-47)62-42-68-69(59-24-13-14-27-67(59)75-68)70-58-31-29-48(39-64(58)74(66)72(62)70)54-36-51(45-20-9-3-10-21-45)33-52(37-54)46-22-11-4-12-23-46/h1-42H. The normalized spacial score (nSPS) is 12.3. The monoisotopic (exact) mass is 966 g/mol. The fourth-order valence-electron chi connectivity index (χ4n) is 12.9. The van der Waals surface area contributed by atoms with Crippen LogP contribution < -0.4 is 0 Å². The molecule has 0 aliphatic rings. The summed E-state index contributed by atoms with van der Waals surface area (Å²) in [6.07, 6.45) is 0. The van der Waals surface area contributed by atoms with Gasteiger partial charge in [-0.1, -0.05) is 182 Å². The Kier molecular flexibility index (Phi) is 8.46. The molecule has 3 heteroatoms. The molecule has 0 amide bonds. The maximum atomic E-state index is 2.61. The third-order valence-corrected chi connectivity index (χ3v) is 17.4. The van der Waals surface area contributed by atoms with Crippen LogP contribution in [0.2, 0.25) is 0 Å². The molecule has 2 nitrogen and oxygen atoms in total. The number of aromatic nitrogens is 2. The summed E-state index contributed by atoms with van der Waals surface area (Å²) < 4.78 is 7.83. The van der Waals surface area contributed by atoms with Crippen LogP contribution in [0.25, 0.3) is 163 Å². The van der Waals surface area contributed by atoms with Crippen LogP contribution in [0.3, 0.4) is 0 Å². The van der Waals surface area contributed by atoms with Crippen molar-refractivity contribution in [2.75, 3.05) is 0 Å². The fourth-order valence-corrected chi connectivity index (χ4v) is 14.1. The van der Waals surface area contributed by atoms with Gasteiger partial charge in [0.15, 0.2) is 0 Å². The summed E-state index contributed by atoms with van der Waals surface area (Å²) >= 11 is 1.91. The molecule has 0 radical (unpaired) electrons. The lowest BCUT2D eigenvalue weighted by atomic mass is 9.93. The highest BCUT2D eigenvalue weighted by Crippen LogP contribution is 2.50. The molecule has 75 heavy (non-hydrogen) atoms. The van der Waals surface area contributed by atoms with Gasteiger partial charge in [-0.05, 0) is 140 Å². The number of rotatable bonds is 6. The van der Waals surface area contributed by atoms with Crippen LogP contribution in [0.15, 0.2) is 255 Å². The molecule has 0 saturated heterocycles. The van der Waals surface area contributed by atoms with Crippen LogP contribution >= 0.6 is 11.3 Å². The van der Waals surface area contributed by atoms with Crippen LogP contribution in [-0.2, 0) is 0 Å². The molecule has 346 valence electrons. The van der Waals surface area contributed by atoms with E-state index in [1.807, 2.05) is 11.3 Å². The van der Waals surface area contributed by atoms with E-state index in [9.17, 15) is 0 Å². The quantitative estimate of drug-likeness (QED) is 0.157. The van der Waals surface area contributed by atoms with E-state index in [1.54, 1.807) is 0 Å². The summed E-state index contributed by atoms with van der Waals surface area (Å²) in [5, 5.41) is 13.0. The number of nitrogens with zero attached hydrogens (tertiary/aromatic N) is 2. The van der Waals surface area contributed by atoms with Gasteiger partial charge in [0, 0.05) is 63.3 Å². The second kappa shape index (κ2) is 15.5. The molecule has 0 bridgehead atoms. The molecule has 0 N–H and O–H groups in total. The van der Waals surface area contributed by atoms with Gasteiger partial charge in [-0.15, -0.1) is 11.3 Å². The van der Waals surface area contributed by atoms with Crippen molar-refractivity contribution in [1.82, 2.24) is 8.80 Å². The lowest BCUT2D eigenvalue weighted by molar-refractivity contribution is 1.36. The SMILES string of the molecule is c1ccc(-c2cc(-c3ccccc3)cc(-c3ccc4c5cccc6c7cc8c(cc7n(c4c3)c56)c3cc4sc5ccccc5c4c4c5ccc(-c6cc(-c7ccccc7)cc(-c7ccccc7)c6)cc5n8c34)c2)cc1. The number of fused-ring (bicyclic) bond motifs is 16. The van der Waals surface area contributed by atoms with Gasteiger partial charge in [-0.3, -0.25) is 0 Å². The minimum absolute atomic E-state index is 1.20. The molecule has 17 aromatic rings.